The fourth-order valence-electron chi connectivity index (χ4n) is 2.41. The summed E-state index contributed by atoms with van der Waals surface area (Å²) < 4.78 is 0. The largest absolute Gasteiger partial charge is 0.387 e. The van der Waals surface area contributed by atoms with Gasteiger partial charge in [-0.1, -0.05) is 36.4 Å². The molecule has 1 aromatic heterocycles. The highest BCUT2D eigenvalue weighted by atomic mass is 16.3. The molecule has 0 radical (unpaired) electrons. The summed E-state index contributed by atoms with van der Waals surface area (Å²) in [6.45, 7) is 0.428. The van der Waals surface area contributed by atoms with Crippen LogP contribution in [0.1, 0.15) is 11.7 Å². The van der Waals surface area contributed by atoms with Gasteiger partial charge in [0, 0.05) is 13.6 Å². The molecule has 22 heavy (non-hydrogen) atoms. The van der Waals surface area contributed by atoms with Crippen LogP contribution >= 0.6 is 0 Å². The molecule has 0 fully saturated rings. The van der Waals surface area contributed by atoms with Crippen molar-refractivity contribution in [2.45, 2.75) is 6.10 Å². The number of hydrogen-bond acceptors (Lipinski definition) is 5. The minimum atomic E-state index is -0.603. The lowest BCUT2D eigenvalue weighted by Crippen LogP contribution is -2.25. The molecule has 112 valence electrons. The number of benzene rings is 2. The van der Waals surface area contributed by atoms with Gasteiger partial charge in [-0.2, -0.15) is 0 Å². The van der Waals surface area contributed by atoms with E-state index < -0.39 is 6.10 Å². The topological polar surface area (TPSA) is 75.3 Å². The van der Waals surface area contributed by atoms with Crippen LogP contribution in [0.2, 0.25) is 0 Å². The number of nitrogens with zero attached hydrogens (tertiary/aromatic N) is 3. The van der Waals surface area contributed by atoms with Gasteiger partial charge in [0.2, 0.25) is 0 Å². The minimum Gasteiger partial charge on any atom is -0.387 e. The molecule has 2 aromatic carbocycles. The third kappa shape index (κ3) is 2.99. The van der Waals surface area contributed by atoms with Gasteiger partial charge in [-0.3, -0.25) is 0 Å². The molecule has 0 bridgehead atoms. The van der Waals surface area contributed by atoms with Crippen molar-refractivity contribution in [3.63, 3.8) is 0 Å². The maximum absolute atomic E-state index is 10.5. The van der Waals surface area contributed by atoms with Crippen molar-refractivity contribution >= 4 is 22.4 Å². The molecule has 0 saturated heterocycles. The number of aliphatic hydroxyl groups is 1. The van der Waals surface area contributed by atoms with E-state index in [4.69, 9.17) is 5.73 Å². The highest BCUT2D eigenvalue weighted by molar-refractivity contribution is 5.83. The van der Waals surface area contributed by atoms with Crippen LogP contribution in [-0.4, -0.2) is 28.9 Å². The summed E-state index contributed by atoms with van der Waals surface area (Å²) in [5, 5.41) is 20.6. The van der Waals surface area contributed by atoms with Crippen LogP contribution in [-0.2, 0) is 0 Å². The monoisotopic (exact) mass is 294 g/mol. The zero-order chi connectivity index (χ0) is 15.5. The first-order chi connectivity index (χ1) is 10.6. The Morgan fingerprint density at radius 2 is 1.82 bits per heavy atom. The number of aliphatic hydroxyl groups excluding tert-OH is 1. The van der Waals surface area contributed by atoms with Crippen LogP contribution in [0, 0.1) is 0 Å². The zero-order valence-corrected chi connectivity index (χ0v) is 12.3. The Morgan fingerprint density at radius 1 is 1.05 bits per heavy atom. The Balaban J connectivity index is 1.77. The van der Waals surface area contributed by atoms with Crippen molar-refractivity contribution < 1.29 is 5.11 Å². The molecular weight excluding hydrogens is 276 g/mol. The molecule has 3 N–H and O–H groups in total. The Kier molecular flexibility index (Phi) is 3.89. The molecule has 0 amide bonds. The molecule has 3 aromatic rings. The molecular formula is C17H18N4O. The fraction of sp³-hybridized carbons (Fsp3) is 0.176. The molecule has 1 heterocycles. The van der Waals surface area contributed by atoms with E-state index in [0.717, 1.165) is 16.3 Å². The minimum absolute atomic E-state index is 0.382. The molecule has 5 heteroatoms. The third-order valence-corrected chi connectivity index (χ3v) is 3.67. The first-order valence-corrected chi connectivity index (χ1v) is 7.10. The van der Waals surface area contributed by atoms with Crippen LogP contribution in [0.25, 0.3) is 10.8 Å². The number of nitrogen functional groups attached to an aromatic ring is 1. The maximum Gasteiger partial charge on any atom is 0.151 e. The number of anilines is 2. The van der Waals surface area contributed by atoms with Gasteiger partial charge in [0.05, 0.1) is 6.10 Å². The number of aromatic nitrogens is 2. The Hall–Kier alpha value is -2.66. The Bertz CT molecular complexity index is 773. The normalized spacial score (nSPS) is 12.3. The Morgan fingerprint density at radius 3 is 2.55 bits per heavy atom. The summed E-state index contributed by atoms with van der Waals surface area (Å²) in [5.74, 6) is 1.06. The van der Waals surface area contributed by atoms with Crippen molar-refractivity contribution in [1.29, 1.82) is 0 Å². The molecule has 1 unspecified atom stereocenters. The maximum atomic E-state index is 10.5. The summed E-state index contributed by atoms with van der Waals surface area (Å²) in [7, 11) is 1.87. The van der Waals surface area contributed by atoms with Gasteiger partial charge in [0.25, 0.3) is 0 Å². The molecule has 0 aliphatic rings. The summed E-state index contributed by atoms with van der Waals surface area (Å²) in [6, 6.07) is 17.6. The smallest absolute Gasteiger partial charge is 0.151 e. The summed E-state index contributed by atoms with van der Waals surface area (Å²) in [6.07, 6.45) is -0.603. The molecule has 1 atom stereocenters. The second-order valence-electron chi connectivity index (χ2n) is 5.32. The summed E-state index contributed by atoms with van der Waals surface area (Å²) in [5.41, 5.74) is 6.41. The lowest BCUT2D eigenvalue weighted by molar-refractivity contribution is 0.185. The van der Waals surface area contributed by atoms with Gasteiger partial charge in [0.15, 0.2) is 5.82 Å². The lowest BCUT2D eigenvalue weighted by atomic mass is 10.0. The number of hydrogen-bond donors (Lipinski definition) is 2. The van der Waals surface area contributed by atoms with Crippen LogP contribution in [0.4, 0.5) is 11.6 Å². The second kappa shape index (κ2) is 5.99. The predicted octanol–water partition coefficient (Wildman–Crippen LogP) is 2.38. The third-order valence-electron chi connectivity index (χ3n) is 3.67. The molecule has 0 spiro atoms. The van der Waals surface area contributed by atoms with E-state index in [1.807, 2.05) is 48.3 Å². The van der Waals surface area contributed by atoms with Crippen molar-refractivity contribution in [2.24, 2.45) is 0 Å². The van der Waals surface area contributed by atoms with Crippen molar-refractivity contribution in [3.05, 3.63) is 60.2 Å². The first-order valence-electron chi connectivity index (χ1n) is 7.10. The zero-order valence-electron chi connectivity index (χ0n) is 12.3. The van der Waals surface area contributed by atoms with Gasteiger partial charge in [0.1, 0.15) is 5.82 Å². The van der Waals surface area contributed by atoms with Crippen LogP contribution in [0.5, 0.6) is 0 Å². The van der Waals surface area contributed by atoms with E-state index in [-0.39, 0.29) is 0 Å². The number of likely N-dealkylation sites (N-methyl/N-ethyl adjacent to an activating group) is 1. The highest BCUT2D eigenvalue weighted by Gasteiger charge is 2.13. The standard InChI is InChI=1S/C17H18N4O/c1-21(17-9-8-16(18)19-20-17)11-15(22)14-7-6-12-4-2-3-5-13(12)10-14/h2-10,15,22H,11H2,1H3,(H2,18,19). The molecule has 3 rings (SSSR count). The quantitative estimate of drug-likeness (QED) is 0.772. The van der Waals surface area contributed by atoms with E-state index in [2.05, 4.69) is 16.3 Å². The van der Waals surface area contributed by atoms with Gasteiger partial charge in [-0.05, 0) is 34.5 Å². The highest BCUT2D eigenvalue weighted by Crippen LogP contribution is 2.22. The predicted molar refractivity (Wildman–Crippen MR) is 88.6 cm³/mol. The Labute approximate surface area is 129 Å². The fourth-order valence-corrected chi connectivity index (χ4v) is 2.41. The average molecular weight is 294 g/mol. The number of fused-ring (bicyclic) bond motifs is 1. The van der Waals surface area contributed by atoms with E-state index >= 15 is 0 Å². The van der Waals surface area contributed by atoms with Gasteiger partial charge >= 0.3 is 0 Å². The van der Waals surface area contributed by atoms with Crippen molar-refractivity contribution in [3.8, 4) is 0 Å². The molecule has 0 aliphatic carbocycles. The molecule has 5 nitrogen and oxygen atoms in total. The first kappa shape index (κ1) is 14.3. The van der Waals surface area contributed by atoms with Gasteiger partial charge in [-0.15, -0.1) is 10.2 Å². The van der Waals surface area contributed by atoms with Gasteiger partial charge < -0.3 is 15.7 Å². The van der Waals surface area contributed by atoms with E-state index in [1.54, 1.807) is 12.1 Å². The van der Waals surface area contributed by atoms with Crippen LogP contribution < -0.4 is 10.6 Å². The number of rotatable bonds is 4. The SMILES string of the molecule is CN(CC(O)c1ccc2ccccc2c1)c1ccc(N)nn1. The lowest BCUT2D eigenvalue weighted by Gasteiger charge is -2.21. The summed E-state index contributed by atoms with van der Waals surface area (Å²) in [4.78, 5) is 1.85. The van der Waals surface area contributed by atoms with Crippen molar-refractivity contribution in [2.75, 3.05) is 24.2 Å². The number of nitrogens with two attached hydrogens (primary N) is 1. The molecule has 0 saturated carbocycles. The molecule has 0 aliphatic heterocycles. The second-order valence-corrected chi connectivity index (χ2v) is 5.32. The van der Waals surface area contributed by atoms with Crippen LogP contribution in [0.3, 0.4) is 0 Å². The van der Waals surface area contributed by atoms with E-state index in [9.17, 15) is 5.11 Å². The van der Waals surface area contributed by atoms with Gasteiger partial charge in [-0.25, -0.2) is 0 Å². The van der Waals surface area contributed by atoms with E-state index in [1.165, 1.54) is 0 Å². The summed E-state index contributed by atoms with van der Waals surface area (Å²) >= 11 is 0. The van der Waals surface area contributed by atoms with E-state index in [0.29, 0.717) is 18.2 Å². The van der Waals surface area contributed by atoms with Crippen LogP contribution in [0.15, 0.2) is 54.6 Å². The average Bonchev–Trinajstić information content (AvgIpc) is 2.55. The van der Waals surface area contributed by atoms with Crippen molar-refractivity contribution in [1.82, 2.24) is 10.2 Å².